The Kier molecular flexibility index (Phi) is 3.23. The summed E-state index contributed by atoms with van der Waals surface area (Å²) in [6, 6.07) is 10.9. The van der Waals surface area contributed by atoms with Gasteiger partial charge in [-0.3, -0.25) is 0 Å². The first-order valence-electron chi connectivity index (χ1n) is 6.19. The van der Waals surface area contributed by atoms with Crippen molar-refractivity contribution in [1.29, 1.82) is 5.26 Å². The number of nitriles is 1. The van der Waals surface area contributed by atoms with E-state index in [-0.39, 0.29) is 13.2 Å². The van der Waals surface area contributed by atoms with E-state index in [1.165, 1.54) is 0 Å². The van der Waals surface area contributed by atoms with Crippen molar-refractivity contribution in [1.82, 2.24) is 4.98 Å². The van der Waals surface area contributed by atoms with E-state index in [1.54, 1.807) is 36.5 Å². The second kappa shape index (κ2) is 5.19. The van der Waals surface area contributed by atoms with Crippen LogP contribution in [0, 0.1) is 11.3 Å². The molecule has 5 nitrogen and oxygen atoms in total. The molecule has 1 aliphatic heterocycles. The van der Waals surface area contributed by atoms with Gasteiger partial charge in [-0.05, 0) is 18.2 Å². The molecule has 1 N–H and O–H groups in total. The van der Waals surface area contributed by atoms with Crippen molar-refractivity contribution in [2.45, 2.75) is 12.7 Å². The van der Waals surface area contributed by atoms with Gasteiger partial charge in [-0.15, -0.1) is 0 Å². The van der Waals surface area contributed by atoms with E-state index in [1.807, 2.05) is 6.07 Å². The molecule has 0 bridgehead atoms. The summed E-state index contributed by atoms with van der Waals surface area (Å²) in [6.07, 6.45) is 1.01. The number of aromatic nitrogens is 1. The zero-order valence-electron chi connectivity index (χ0n) is 10.6. The fraction of sp³-hybridized carbons (Fsp3) is 0.200. The maximum atomic E-state index is 9.64. The largest absolute Gasteiger partial charge is 0.490 e. The van der Waals surface area contributed by atoms with Crippen LogP contribution in [0.15, 0.2) is 36.5 Å². The van der Waals surface area contributed by atoms with Gasteiger partial charge in [0.05, 0.1) is 0 Å². The van der Waals surface area contributed by atoms with Gasteiger partial charge in [0.25, 0.3) is 0 Å². The van der Waals surface area contributed by atoms with Crippen molar-refractivity contribution in [3.8, 4) is 17.6 Å². The van der Waals surface area contributed by atoms with E-state index in [4.69, 9.17) is 14.7 Å². The lowest BCUT2D eigenvalue weighted by Crippen LogP contribution is -2.00. The van der Waals surface area contributed by atoms with Gasteiger partial charge in [-0.25, -0.2) is 4.98 Å². The lowest BCUT2D eigenvalue weighted by molar-refractivity contribution is 0.140. The molecule has 0 spiro atoms. The lowest BCUT2D eigenvalue weighted by atomic mass is 10.1. The normalized spacial score (nSPS) is 16.1. The summed E-state index contributed by atoms with van der Waals surface area (Å²) in [6.45, 7) is 0.540. The number of aliphatic hydroxyl groups excluding tert-OH is 1. The topological polar surface area (TPSA) is 75.4 Å². The van der Waals surface area contributed by atoms with Crippen LogP contribution < -0.4 is 9.47 Å². The molecule has 20 heavy (non-hydrogen) atoms. The quantitative estimate of drug-likeness (QED) is 0.920. The lowest BCUT2D eigenvalue weighted by Gasteiger charge is -2.08. The van der Waals surface area contributed by atoms with Crippen molar-refractivity contribution in [3.63, 3.8) is 0 Å². The van der Waals surface area contributed by atoms with Crippen molar-refractivity contribution in [3.05, 3.63) is 53.3 Å². The molecule has 0 amide bonds. The molecule has 2 aromatic rings. The zero-order valence-corrected chi connectivity index (χ0v) is 10.6. The van der Waals surface area contributed by atoms with Crippen LogP contribution in [0.3, 0.4) is 0 Å². The molecule has 3 rings (SSSR count). The Morgan fingerprint density at radius 3 is 3.20 bits per heavy atom. The molecule has 100 valence electrons. The molecular formula is C15H12N2O3. The van der Waals surface area contributed by atoms with Gasteiger partial charge >= 0.3 is 0 Å². The number of pyridine rings is 1. The predicted molar refractivity (Wildman–Crippen MR) is 70.2 cm³/mol. The molecular weight excluding hydrogens is 256 g/mol. The zero-order chi connectivity index (χ0) is 13.9. The summed E-state index contributed by atoms with van der Waals surface area (Å²) in [4.78, 5) is 3.98. The molecule has 2 heterocycles. The van der Waals surface area contributed by atoms with E-state index in [2.05, 4.69) is 4.98 Å². The van der Waals surface area contributed by atoms with Gasteiger partial charge in [0.15, 0.2) is 0 Å². The standard InChI is InChI=1S/C15H12N2O3/c16-7-13-10(2-1-5-17-13)8-19-11-3-4-12-14(18)9-20-15(12)6-11/h1-6,14,18H,8-9H2. The first-order valence-corrected chi connectivity index (χ1v) is 6.19. The summed E-state index contributed by atoms with van der Waals surface area (Å²) in [5, 5.41) is 18.6. The van der Waals surface area contributed by atoms with Crippen LogP contribution in [0.2, 0.25) is 0 Å². The van der Waals surface area contributed by atoms with E-state index in [9.17, 15) is 5.11 Å². The number of hydrogen-bond acceptors (Lipinski definition) is 5. The Hall–Kier alpha value is -2.58. The number of benzene rings is 1. The molecule has 0 fully saturated rings. The van der Waals surface area contributed by atoms with E-state index in [0.29, 0.717) is 17.2 Å². The Bertz CT molecular complexity index is 679. The predicted octanol–water partition coefficient (Wildman–Crippen LogP) is 1.96. The minimum absolute atomic E-state index is 0.262. The number of aliphatic hydroxyl groups is 1. The number of nitrogens with zero attached hydrogens (tertiary/aromatic N) is 2. The number of fused-ring (bicyclic) bond motifs is 1. The number of hydrogen-bond donors (Lipinski definition) is 1. The van der Waals surface area contributed by atoms with E-state index >= 15 is 0 Å². The highest BCUT2D eigenvalue weighted by molar-refractivity contribution is 5.44. The molecule has 0 aliphatic carbocycles. The van der Waals surface area contributed by atoms with Crippen LogP contribution in [-0.2, 0) is 6.61 Å². The Morgan fingerprint density at radius 1 is 1.45 bits per heavy atom. The van der Waals surface area contributed by atoms with Crippen LogP contribution in [0.1, 0.15) is 22.9 Å². The third kappa shape index (κ3) is 2.29. The molecule has 1 aromatic carbocycles. The molecule has 1 aliphatic rings. The summed E-state index contributed by atoms with van der Waals surface area (Å²) < 4.78 is 11.0. The summed E-state index contributed by atoms with van der Waals surface area (Å²) in [7, 11) is 0. The van der Waals surface area contributed by atoms with Crippen LogP contribution in [0.4, 0.5) is 0 Å². The molecule has 0 saturated heterocycles. The van der Waals surface area contributed by atoms with E-state index in [0.717, 1.165) is 11.1 Å². The van der Waals surface area contributed by atoms with Gasteiger partial charge in [0, 0.05) is 23.4 Å². The van der Waals surface area contributed by atoms with Crippen molar-refractivity contribution < 1.29 is 14.6 Å². The van der Waals surface area contributed by atoms with Crippen LogP contribution in [-0.4, -0.2) is 16.7 Å². The SMILES string of the molecule is N#Cc1ncccc1COc1ccc2c(c1)OCC2O. The maximum absolute atomic E-state index is 9.64. The highest BCUT2D eigenvalue weighted by atomic mass is 16.5. The van der Waals surface area contributed by atoms with Gasteiger partial charge in [-0.1, -0.05) is 6.07 Å². The maximum Gasteiger partial charge on any atom is 0.147 e. The average Bonchev–Trinajstić information content (AvgIpc) is 2.86. The third-order valence-corrected chi connectivity index (χ3v) is 3.13. The summed E-state index contributed by atoms with van der Waals surface area (Å²) in [5.74, 6) is 1.27. The van der Waals surface area contributed by atoms with Gasteiger partial charge < -0.3 is 14.6 Å². The van der Waals surface area contributed by atoms with Gasteiger partial charge in [-0.2, -0.15) is 5.26 Å². The second-order valence-electron chi connectivity index (χ2n) is 4.44. The Labute approximate surface area is 116 Å². The smallest absolute Gasteiger partial charge is 0.147 e. The fourth-order valence-electron chi connectivity index (χ4n) is 2.08. The Balaban J connectivity index is 1.75. The van der Waals surface area contributed by atoms with Crippen molar-refractivity contribution in [2.24, 2.45) is 0 Å². The molecule has 1 aromatic heterocycles. The highest BCUT2D eigenvalue weighted by Crippen LogP contribution is 2.35. The number of rotatable bonds is 3. The summed E-state index contributed by atoms with van der Waals surface area (Å²) >= 11 is 0. The average molecular weight is 268 g/mol. The van der Waals surface area contributed by atoms with Crippen molar-refractivity contribution >= 4 is 0 Å². The van der Waals surface area contributed by atoms with Gasteiger partial charge in [0.1, 0.15) is 42.6 Å². The first-order chi connectivity index (χ1) is 9.78. The summed E-state index contributed by atoms with van der Waals surface area (Å²) in [5.41, 5.74) is 1.87. The molecule has 5 heteroatoms. The molecule has 1 atom stereocenters. The van der Waals surface area contributed by atoms with Crippen LogP contribution in [0.25, 0.3) is 0 Å². The van der Waals surface area contributed by atoms with Crippen LogP contribution in [0.5, 0.6) is 11.5 Å². The van der Waals surface area contributed by atoms with E-state index < -0.39 is 6.10 Å². The fourth-order valence-corrected chi connectivity index (χ4v) is 2.08. The van der Waals surface area contributed by atoms with Crippen LogP contribution >= 0.6 is 0 Å². The monoisotopic (exact) mass is 268 g/mol. The highest BCUT2D eigenvalue weighted by Gasteiger charge is 2.22. The number of ether oxygens (including phenoxy) is 2. The molecule has 0 radical (unpaired) electrons. The minimum atomic E-state index is -0.567. The second-order valence-corrected chi connectivity index (χ2v) is 4.44. The third-order valence-electron chi connectivity index (χ3n) is 3.13. The van der Waals surface area contributed by atoms with Gasteiger partial charge in [0.2, 0.25) is 0 Å². The molecule has 1 unspecified atom stereocenters. The first kappa shape index (κ1) is 12.5. The van der Waals surface area contributed by atoms with Crippen molar-refractivity contribution in [2.75, 3.05) is 6.61 Å². The minimum Gasteiger partial charge on any atom is -0.490 e. The molecule has 0 saturated carbocycles. The Morgan fingerprint density at radius 2 is 2.35 bits per heavy atom.